The van der Waals surface area contributed by atoms with Gasteiger partial charge in [0.1, 0.15) is 5.76 Å². The summed E-state index contributed by atoms with van der Waals surface area (Å²) in [5.41, 5.74) is 3.47. The summed E-state index contributed by atoms with van der Waals surface area (Å²) in [6.07, 6.45) is 6.29. The highest BCUT2D eigenvalue weighted by Crippen LogP contribution is 2.12. The van der Waals surface area contributed by atoms with Gasteiger partial charge in [0.15, 0.2) is 0 Å². The topological polar surface area (TPSA) is 93.2 Å². The van der Waals surface area contributed by atoms with E-state index in [1.54, 1.807) is 18.5 Å². The third-order valence-corrected chi connectivity index (χ3v) is 3.00. The molecule has 0 fully saturated rings. The van der Waals surface area contributed by atoms with Crippen molar-refractivity contribution >= 4 is 11.6 Å². The molecule has 1 atom stereocenters. The molecule has 0 radical (unpaired) electrons. The number of nitrogens with one attached hydrogen (secondary N) is 2. The van der Waals surface area contributed by atoms with Gasteiger partial charge in [-0.15, -0.1) is 0 Å². The quantitative estimate of drug-likeness (QED) is 0.551. The van der Waals surface area contributed by atoms with Crippen molar-refractivity contribution in [2.45, 2.75) is 25.8 Å². The van der Waals surface area contributed by atoms with Crippen molar-refractivity contribution < 1.29 is 9.21 Å². The van der Waals surface area contributed by atoms with Gasteiger partial charge in [-0.3, -0.25) is 15.6 Å². The van der Waals surface area contributed by atoms with Gasteiger partial charge in [-0.25, -0.2) is 0 Å². The second-order valence-corrected chi connectivity index (χ2v) is 4.56. The van der Waals surface area contributed by atoms with Gasteiger partial charge < -0.3 is 15.2 Å². The molecule has 20 heavy (non-hydrogen) atoms. The number of nitrogens with zero attached hydrogens (tertiary/aromatic N) is 1. The van der Waals surface area contributed by atoms with E-state index in [9.17, 15) is 4.79 Å². The number of aryl methyl sites for hydroxylation is 1. The number of anilines is 1. The largest absolute Gasteiger partial charge is 0.469 e. The molecule has 0 aromatic carbocycles. The van der Waals surface area contributed by atoms with E-state index in [4.69, 9.17) is 10.3 Å². The predicted octanol–water partition coefficient (Wildman–Crippen LogP) is 1.71. The Morgan fingerprint density at radius 1 is 1.50 bits per heavy atom. The first-order valence-corrected chi connectivity index (χ1v) is 6.44. The second kappa shape index (κ2) is 6.72. The Bertz CT molecular complexity index is 554. The fourth-order valence-corrected chi connectivity index (χ4v) is 1.89. The van der Waals surface area contributed by atoms with Crippen molar-refractivity contribution in [3.05, 3.63) is 48.2 Å². The highest BCUT2D eigenvalue weighted by molar-refractivity contribution is 5.99. The zero-order valence-electron chi connectivity index (χ0n) is 11.3. The molecule has 4 N–H and O–H groups in total. The van der Waals surface area contributed by atoms with E-state index in [0.29, 0.717) is 11.3 Å². The lowest BCUT2D eigenvalue weighted by molar-refractivity contribution is 0.0938. The average molecular weight is 274 g/mol. The van der Waals surface area contributed by atoms with Crippen molar-refractivity contribution in [3.8, 4) is 0 Å². The molecule has 0 spiro atoms. The third-order valence-electron chi connectivity index (χ3n) is 3.00. The van der Waals surface area contributed by atoms with E-state index in [2.05, 4.69) is 15.7 Å². The van der Waals surface area contributed by atoms with Crippen molar-refractivity contribution in [2.24, 2.45) is 5.84 Å². The van der Waals surface area contributed by atoms with Gasteiger partial charge in [-0.1, -0.05) is 0 Å². The Balaban J connectivity index is 1.90. The highest BCUT2D eigenvalue weighted by Gasteiger charge is 2.13. The van der Waals surface area contributed by atoms with Crippen molar-refractivity contribution in [1.29, 1.82) is 0 Å². The molecule has 6 nitrogen and oxygen atoms in total. The standard InChI is InChI=1S/C14H18N4O2/c1-10(4-5-11-3-2-8-20-11)17-14(19)12-9-16-7-6-13(12)18-15/h2-3,6-10H,4-5,15H2,1H3,(H,16,18)(H,17,19). The molecule has 2 aromatic rings. The van der Waals surface area contributed by atoms with Crippen LogP contribution in [0.2, 0.25) is 0 Å². The monoisotopic (exact) mass is 274 g/mol. The molecule has 0 saturated carbocycles. The summed E-state index contributed by atoms with van der Waals surface area (Å²) in [6, 6.07) is 5.46. The fraction of sp³-hybridized carbons (Fsp3) is 0.286. The van der Waals surface area contributed by atoms with Crippen LogP contribution in [0, 0.1) is 0 Å². The number of hydrogen-bond donors (Lipinski definition) is 3. The SMILES string of the molecule is CC(CCc1ccco1)NC(=O)c1cnccc1NN. The Morgan fingerprint density at radius 3 is 3.05 bits per heavy atom. The van der Waals surface area contributed by atoms with E-state index in [-0.39, 0.29) is 11.9 Å². The molecule has 2 aromatic heterocycles. The maximum atomic E-state index is 12.1. The van der Waals surface area contributed by atoms with Gasteiger partial charge in [0.2, 0.25) is 0 Å². The van der Waals surface area contributed by atoms with Gasteiger partial charge in [-0.2, -0.15) is 0 Å². The Labute approximate surface area is 117 Å². The molecule has 2 rings (SSSR count). The van der Waals surface area contributed by atoms with Crippen molar-refractivity contribution in [1.82, 2.24) is 10.3 Å². The number of carbonyl (C=O) groups excluding carboxylic acids is 1. The van der Waals surface area contributed by atoms with E-state index in [0.717, 1.165) is 18.6 Å². The molecule has 2 heterocycles. The van der Waals surface area contributed by atoms with Crippen LogP contribution >= 0.6 is 0 Å². The van der Waals surface area contributed by atoms with Crippen LogP contribution in [0.25, 0.3) is 0 Å². The number of hydrogen-bond acceptors (Lipinski definition) is 5. The molecular weight excluding hydrogens is 256 g/mol. The van der Waals surface area contributed by atoms with Crippen LogP contribution in [0.3, 0.4) is 0 Å². The number of carbonyl (C=O) groups is 1. The zero-order chi connectivity index (χ0) is 14.4. The summed E-state index contributed by atoms with van der Waals surface area (Å²) in [4.78, 5) is 16.1. The third kappa shape index (κ3) is 3.58. The molecule has 6 heteroatoms. The van der Waals surface area contributed by atoms with E-state index >= 15 is 0 Å². The van der Waals surface area contributed by atoms with Crippen LogP contribution in [-0.2, 0) is 6.42 Å². The second-order valence-electron chi connectivity index (χ2n) is 4.56. The Hall–Kier alpha value is -2.34. The molecule has 106 valence electrons. The summed E-state index contributed by atoms with van der Waals surface area (Å²) in [5, 5.41) is 2.92. The van der Waals surface area contributed by atoms with Crippen LogP contribution in [0.5, 0.6) is 0 Å². The van der Waals surface area contributed by atoms with Crippen molar-refractivity contribution in [2.75, 3.05) is 5.43 Å². The minimum Gasteiger partial charge on any atom is -0.469 e. The number of rotatable bonds is 6. The first-order chi connectivity index (χ1) is 9.70. The highest BCUT2D eigenvalue weighted by atomic mass is 16.3. The van der Waals surface area contributed by atoms with Gasteiger partial charge in [-0.05, 0) is 31.5 Å². The average Bonchev–Trinajstić information content (AvgIpc) is 2.98. The maximum Gasteiger partial charge on any atom is 0.255 e. The fourth-order valence-electron chi connectivity index (χ4n) is 1.89. The number of hydrazine groups is 1. The molecule has 0 aliphatic heterocycles. The summed E-state index contributed by atoms with van der Waals surface area (Å²) < 4.78 is 5.26. The van der Waals surface area contributed by atoms with E-state index in [1.807, 2.05) is 19.1 Å². The van der Waals surface area contributed by atoms with Crippen LogP contribution in [0.4, 0.5) is 5.69 Å². The number of amides is 1. The number of furan rings is 1. The number of aromatic nitrogens is 1. The maximum absolute atomic E-state index is 12.1. The summed E-state index contributed by atoms with van der Waals surface area (Å²) >= 11 is 0. The first kappa shape index (κ1) is 14.1. The van der Waals surface area contributed by atoms with Gasteiger partial charge in [0.05, 0.1) is 17.5 Å². The minimum absolute atomic E-state index is 0.0263. The van der Waals surface area contributed by atoms with E-state index < -0.39 is 0 Å². The van der Waals surface area contributed by atoms with Crippen LogP contribution in [-0.4, -0.2) is 16.9 Å². The summed E-state index contributed by atoms with van der Waals surface area (Å²) in [6.45, 7) is 1.95. The van der Waals surface area contributed by atoms with Crippen LogP contribution in [0.15, 0.2) is 41.3 Å². The zero-order valence-corrected chi connectivity index (χ0v) is 11.3. The lowest BCUT2D eigenvalue weighted by Gasteiger charge is -2.14. The van der Waals surface area contributed by atoms with Crippen LogP contribution in [0.1, 0.15) is 29.5 Å². The van der Waals surface area contributed by atoms with Gasteiger partial charge in [0.25, 0.3) is 5.91 Å². The Kier molecular flexibility index (Phi) is 4.73. The predicted molar refractivity (Wildman–Crippen MR) is 76.0 cm³/mol. The smallest absolute Gasteiger partial charge is 0.255 e. The normalized spacial score (nSPS) is 11.9. The lowest BCUT2D eigenvalue weighted by atomic mass is 10.1. The van der Waals surface area contributed by atoms with Crippen molar-refractivity contribution in [3.63, 3.8) is 0 Å². The molecule has 1 amide bonds. The number of pyridine rings is 1. The molecule has 0 aliphatic carbocycles. The molecule has 0 bridgehead atoms. The molecule has 0 saturated heterocycles. The van der Waals surface area contributed by atoms with Crippen LogP contribution < -0.4 is 16.6 Å². The molecule has 1 unspecified atom stereocenters. The number of nitrogens with two attached hydrogens (primary N) is 1. The Morgan fingerprint density at radius 2 is 2.35 bits per heavy atom. The van der Waals surface area contributed by atoms with Gasteiger partial charge >= 0.3 is 0 Å². The summed E-state index contributed by atoms with van der Waals surface area (Å²) in [5.74, 6) is 6.09. The lowest BCUT2D eigenvalue weighted by Crippen LogP contribution is -2.33. The minimum atomic E-state index is -0.196. The van der Waals surface area contributed by atoms with E-state index in [1.165, 1.54) is 6.20 Å². The first-order valence-electron chi connectivity index (χ1n) is 6.44. The van der Waals surface area contributed by atoms with Gasteiger partial charge in [0, 0.05) is 24.9 Å². The summed E-state index contributed by atoms with van der Waals surface area (Å²) in [7, 11) is 0. The molecular formula is C14H18N4O2. The molecule has 0 aliphatic rings. The number of nitrogen functional groups attached to an aromatic ring is 1.